The number of halogens is 1. The summed E-state index contributed by atoms with van der Waals surface area (Å²) in [5.74, 6) is 0. The fourth-order valence-electron chi connectivity index (χ4n) is 1.42. The van der Waals surface area contributed by atoms with Crippen molar-refractivity contribution < 1.29 is 13.2 Å². The highest BCUT2D eigenvalue weighted by atomic mass is 79.9. The maximum Gasteiger partial charge on any atom is 0.242 e. The van der Waals surface area contributed by atoms with E-state index in [1.54, 1.807) is 25.2 Å². The van der Waals surface area contributed by atoms with E-state index in [0.29, 0.717) is 24.7 Å². The van der Waals surface area contributed by atoms with Crippen LogP contribution in [0.25, 0.3) is 0 Å². The molecule has 0 unspecified atom stereocenters. The molecule has 0 aliphatic rings. The molecule has 0 N–H and O–H groups in total. The summed E-state index contributed by atoms with van der Waals surface area (Å²) in [6.07, 6.45) is 0. The summed E-state index contributed by atoms with van der Waals surface area (Å²) in [6.45, 7) is 5.09. The molecular weight excluding hydrogens is 318 g/mol. The molecule has 1 rings (SSSR count). The summed E-state index contributed by atoms with van der Waals surface area (Å²) in [4.78, 5) is 0.308. The predicted molar refractivity (Wildman–Crippen MR) is 75.2 cm³/mol. The van der Waals surface area contributed by atoms with E-state index in [4.69, 9.17) is 4.74 Å². The minimum Gasteiger partial charge on any atom is -0.380 e. The molecule has 0 bridgehead atoms. The van der Waals surface area contributed by atoms with Gasteiger partial charge in [-0.05, 0) is 37.6 Å². The van der Waals surface area contributed by atoms with Gasteiger partial charge in [0.1, 0.15) is 0 Å². The molecule has 6 heteroatoms. The van der Waals surface area contributed by atoms with Crippen molar-refractivity contribution in [2.24, 2.45) is 0 Å². The Balaban J connectivity index is 2.88. The first-order chi connectivity index (χ1) is 8.39. The van der Waals surface area contributed by atoms with Crippen LogP contribution in [0.3, 0.4) is 0 Å². The fourth-order valence-corrected chi connectivity index (χ4v) is 2.90. The number of sulfonamides is 1. The van der Waals surface area contributed by atoms with Gasteiger partial charge in [0.15, 0.2) is 0 Å². The number of aryl methyl sites for hydroxylation is 1. The second-order valence-electron chi connectivity index (χ2n) is 3.93. The number of benzene rings is 1. The van der Waals surface area contributed by atoms with Crippen LogP contribution in [-0.2, 0) is 14.8 Å². The molecule has 0 aliphatic heterocycles. The van der Waals surface area contributed by atoms with Gasteiger partial charge in [0.25, 0.3) is 0 Å². The first-order valence-corrected chi connectivity index (χ1v) is 7.93. The summed E-state index contributed by atoms with van der Waals surface area (Å²) >= 11 is 3.36. The predicted octanol–water partition coefficient (Wildman–Crippen LogP) is 2.41. The summed E-state index contributed by atoms with van der Waals surface area (Å²) < 4.78 is 31.9. The number of likely N-dealkylation sites (N-methyl/N-ethyl adjacent to an activating group) is 1. The van der Waals surface area contributed by atoms with E-state index in [2.05, 4.69) is 15.9 Å². The van der Waals surface area contributed by atoms with Gasteiger partial charge < -0.3 is 4.74 Å². The van der Waals surface area contributed by atoms with Crippen LogP contribution < -0.4 is 0 Å². The Morgan fingerprint density at radius 2 is 2.06 bits per heavy atom. The van der Waals surface area contributed by atoms with E-state index >= 15 is 0 Å². The van der Waals surface area contributed by atoms with Crippen LogP contribution >= 0.6 is 15.9 Å². The van der Waals surface area contributed by atoms with Crippen molar-refractivity contribution in [2.75, 3.05) is 26.8 Å². The molecular formula is C12H18BrNO3S. The first-order valence-electron chi connectivity index (χ1n) is 5.69. The maximum absolute atomic E-state index is 12.2. The number of hydrogen-bond donors (Lipinski definition) is 0. The number of ether oxygens (including phenoxy) is 1. The zero-order chi connectivity index (χ0) is 13.8. The Morgan fingerprint density at radius 1 is 1.39 bits per heavy atom. The molecule has 102 valence electrons. The first kappa shape index (κ1) is 15.6. The third-order valence-electron chi connectivity index (χ3n) is 2.59. The minimum atomic E-state index is -3.43. The molecule has 4 nitrogen and oxygen atoms in total. The van der Waals surface area contributed by atoms with Crippen molar-refractivity contribution in [3.8, 4) is 0 Å². The van der Waals surface area contributed by atoms with Gasteiger partial charge in [0.05, 0.1) is 11.5 Å². The summed E-state index contributed by atoms with van der Waals surface area (Å²) in [5.41, 5.74) is 0.897. The van der Waals surface area contributed by atoms with Crippen molar-refractivity contribution in [3.05, 3.63) is 28.2 Å². The zero-order valence-electron chi connectivity index (χ0n) is 10.8. The van der Waals surface area contributed by atoms with Crippen molar-refractivity contribution in [3.63, 3.8) is 0 Å². The van der Waals surface area contributed by atoms with Crippen molar-refractivity contribution in [1.29, 1.82) is 0 Å². The largest absolute Gasteiger partial charge is 0.380 e. The highest BCUT2D eigenvalue weighted by molar-refractivity contribution is 9.10. The molecule has 1 aromatic rings. The maximum atomic E-state index is 12.2. The molecule has 0 spiro atoms. The quantitative estimate of drug-likeness (QED) is 0.750. The zero-order valence-corrected chi connectivity index (χ0v) is 13.2. The van der Waals surface area contributed by atoms with Gasteiger partial charge in [-0.15, -0.1) is 0 Å². The molecule has 0 amide bonds. The summed E-state index contributed by atoms with van der Waals surface area (Å²) in [6, 6.07) is 5.01. The van der Waals surface area contributed by atoms with Crippen LogP contribution in [0.1, 0.15) is 12.5 Å². The van der Waals surface area contributed by atoms with Gasteiger partial charge in [-0.3, -0.25) is 0 Å². The molecule has 0 radical (unpaired) electrons. The van der Waals surface area contributed by atoms with Crippen LogP contribution in [0.15, 0.2) is 27.6 Å². The van der Waals surface area contributed by atoms with Crippen LogP contribution in [0.2, 0.25) is 0 Å². The average Bonchev–Trinajstić information content (AvgIpc) is 2.32. The van der Waals surface area contributed by atoms with Crippen LogP contribution in [0.4, 0.5) is 0 Å². The van der Waals surface area contributed by atoms with E-state index in [0.717, 1.165) is 10.0 Å². The molecule has 0 heterocycles. The van der Waals surface area contributed by atoms with Gasteiger partial charge >= 0.3 is 0 Å². The van der Waals surface area contributed by atoms with Gasteiger partial charge in [-0.1, -0.05) is 15.9 Å². The van der Waals surface area contributed by atoms with Crippen molar-refractivity contribution in [2.45, 2.75) is 18.7 Å². The highest BCUT2D eigenvalue weighted by Crippen LogP contribution is 2.21. The molecule has 1 aromatic carbocycles. The van der Waals surface area contributed by atoms with E-state index in [1.165, 1.54) is 4.31 Å². The van der Waals surface area contributed by atoms with Gasteiger partial charge in [0, 0.05) is 24.7 Å². The minimum absolute atomic E-state index is 0.308. The molecule has 0 fully saturated rings. The fraction of sp³-hybridized carbons (Fsp3) is 0.500. The molecule has 0 saturated carbocycles. The Kier molecular flexibility index (Phi) is 5.78. The Labute approximate surface area is 117 Å². The van der Waals surface area contributed by atoms with Gasteiger partial charge in [-0.2, -0.15) is 4.31 Å². The smallest absolute Gasteiger partial charge is 0.242 e. The topological polar surface area (TPSA) is 46.6 Å². The van der Waals surface area contributed by atoms with E-state index < -0.39 is 10.0 Å². The van der Waals surface area contributed by atoms with E-state index in [-0.39, 0.29) is 0 Å². The Hall–Kier alpha value is -0.430. The van der Waals surface area contributed by atoms with Crippen LogP contribution in [-0.4, -0.2) is 39.5 Å². The lowest BCUT2D eigenvalue weighted by atomic mass is 10.2. The van der Waals surface area contributed by atoms with Crippen LogP contribution in [0.5, 0.6) is 0 Å². The second kappa shape index (κ2) is 6.65. The van der Waals surface area contributed by atoms with Crippen molar-refractivity contribution in [1.82, 2.24) is 4.31 Å². The molecule has 0 saturated heterocycles. The molecule has 18 heavy (non-hydrogen) atoms. The third-order valence-corrected chi connectivity index (χ3v) is 5.33. The normalized spacial score (nSPS) is 12.1. The summed E-state index contributed by atoms with van der Waals surface area (Å²) in [5, 5.41) is 0. The molecule has 0 aromatic heterocycles. The number of rotatable bonds is 6. The van der Waals surface area contributed by atoms with Crippen LogP contribution in [0, 0.1) is 6.92 Å². The lowest BCUT2D eigenvalue weighted by Crippen LogP contribution is -2.30. The lowest BCUT2D eigenvalue weighted by molar-refractivity contribution is 0.138. The summed E-state index contributed by atoms with van der Waals surface area (Å²) in [7, 11) is -1.86. The van der Waals surface area contributed by atoms with E-state index in [1.807, 2.05) is 13.8 Å². The highest BCUT2D eigenvalue weighted by Gasteiger charge is 2.20. The lowest BCUT2D eigenvalue weighted by Gasteiger charge is -2.17. The number of hydrogen-bond acceptors (Lipinski definition) is 3. The molecule has 0 atom stereocenters. The average molecular weight is 336 g/mol. The van der Waals surface area contributed by atoms with Gasteiger partial charge in [0.2, 0.25) is 10.0 Å². The van der Waals surface area contributed by atoms with E-state index in [9.17, 15) is 8.42 Å². The standard InChI is InChI=1S/C12H18BrNO3S/c1-4-17-8-7-14(3)18(15,16)11-5-6-12(13)10(2)9-11/h5-6,9H,4,7-8H2,1-3H3. The molecule has 0 aliphatic carbocycles. The number of nitrogens with zero attached hydrogens (tertiary/aromatic N) is 1. The SMILES string of the molecule is CCOCCN(C)S(=O)(=O)c1ccc(Br)c(C)c1. The second-order valence-corrected chi connectivity index (χ2v) is 6.83. The van der Waals surface area contributed by atoms with Gasteiger partial charge in [-0.25, -0.2) is 8.42 Å². The monoisotopic (exact) mass is 335 g/mol. The Bertz CT molecular complexity index is 502. The Morgan fingerprint density at radius 3 is 2.61 bits per heavy atom. The third kappa shape index (κ3) is 3.78. The van der Waals surface area contributed by atoms with Crippen molar-refractivity contribution >= 4 is 26.0 Å².